The number of benzene rings is 2. The molecule has 1 unspecified atom stereocenters. The van der Waals surface area contributed by atoms with Gasteiger partial charge in [0.15, 0.2) is 0 Å². The van der Waals surface area contributed by atoms with E-state index in [1.165, 1.54) is 12.1 Å². The summed E-state index contributed by atoms with van der Waals surface area (Å²) in [6.07, 6.45) is 1.99. The molecule has 0 heterocycles. The topological polar surface area (TPSA) is 79.2 Å². The molecule has 0 aliphatic heterocycles. The molecule has 1 aliphatic carbocycles. The molecule has 1 fully saturated rings. The van der Waals surface area contributed by atoms with Gasteiger partial charge in [-0.25, -0.2) is 13.1 Å². The van der Waals surface area contributed by atoms with Crippen molar-refractivity contribution in [1.29, 1.82) is 5.26 Å². The summed E-state index contributed by atoms with van der Waals surface area (Å²) in [4.78, 5) is 0.112. The van der Waals surface area contributed by atoms with Gasteiger partial charge in [0.05, 0.1) is 23.6 Å². The number of hydrogen-bond acceptors (Lipinski definition) is 4. The van der Waals surface area contributed by atoms with Crippen LogP contribution in [0.25, 0.3) is 0 Å². The van der Waals surface area contributed by atoms with Crippen molar-refractivity contribution < 1.29 is 13.2 Å². The standard InChI is InChI=1S/C18H18N2O3S/c1-23-16-9-7-15(8-10-16)18(14-5-6-14)20-24(21,22)17-4-2-3-13(11-17)12-19/h2-4,7-11,14,18,20H,5-6H2,1H3. The minimum atomic E-state index is -3.69. The maximum absolute atomic E-state index is 12.7. The fourth-order valence-electron chi connectivity index (χ4n) is 2.65. The molecule has 1 aliphatic rings. The van der Waals surface area contributed by atoms with Gasteiger partial charge < -0.3 is 4.74 Å². The van der Waals surface area contributed by atoms with Crippen molar-refractivity contribution >= 4 is 10.0 Å². The maximum atomic E-state index is 12.7. The van der Waals surface area contributed by atoms with Gasteiger partial charge in [-0.05, 0) is 54.7 Å². The molecular weight excluding hydrogens is 324 g/mol. The number of methoxy groups -OCH3 is 1. The van der Waals surface area contributed by atoms with E-state index in [-0.39, 0.29) is 10.9 Å². The number of hydrogen-bond donors (Lipinski definition) is 1. The first kappa shape index (κ1) is 16.5. The Bertz CT molecular complexity index is 866. The number of rotatable bonds is 6. The van der Waals surface area contributed by atoms with Gasteiger partial charge in [-0.1, -0.05) is 18.2 Å². The molecule has 0 bridgehead atoms. The first-order chi connectivity index (χ1) is 11.5. The molecule has 24 heavy (non-hydrogen) atoms. The molecule has 0 radical (unpaired) electrons. The fourth-order valence-corrected chi connectivity index (χ4v) is 3.98. The van der Waals surface area contributed by atoms with E-state index in [1.807, 2.05) is 30.3 Å². The molecule has 0 spiro atoms. The summed E-state index contributed by atoms with van der Waals surface area (Å²) in [6.45, 7) is 0. The van der Waals surface area contributed by atoms with Crippen LogP contribution < -0.4 is 9.46 Å². The van der Waals surface area contributed by atoms with Crippen molar-refractivity contribution in [2.75, 3.05) is 7.11 Å². The Morgan fingerprint density at radius 1 is 1.21 bits per heavy atom. The zero-order valence-electron chi connectivity index (χ0n) is 13.3. The Hall–Kier alpha value is -2.36. The van der Waals surface area contributed by atoms with Gasteiger partial charge >= 0.3 is 0 Å². The molecule has 0 saturated heterocycles. The Kier molecular flexibility index (Phi) is 4.56. The van der Waals surface area contributed by atoms with Crippen molar-refractivity contribution in [2.24, 2.45) is 5.92 Å². The van der Waals surface area contributed by atoms with Crippen LogP contribution in [0.15, 0.2) is 53.4 Å². The van der Waals surface area contributed by atoms with Gasteiger partial charge in [-0.3, -0.25) is 0 Å². The van der Waals surface area contributed by atoms with Gasteiger partial charge in [-0.2, -0.15) is 5.26 Å². The second kappa shape index (κ2) is 6.63. The van der Waals surface area contributed by atoms with Crippen LogP contribution in [-0.4, -0.2) is 15.5 Å². The third-order valence-electron chi connectivity index (χ3n) is 4.12. The van der Waals surface area contributed by atoms with E-state index < -0.39 is 10.0 Å². The van der Waals surface area contributed by atoms with Crippen LogP contribution >= 0.6 is 0 Å². The molecule has 1 saturated carbocycles. The molecule has 0 amide bonds. The van der Waals surface area contributed by atoms with Gasteiger partial charge in [0.1, 0.15) is 5.75 Å². The number of ether oxygens (including phenoxy) is 1. The van der Waals surface area contributed by atoms with E-state index in [0.717, 1.165) is 24.2 Å². The van der Waals surface area contributed by atoms with Crippen LogP contribution in [0.4, 0.5) is 0 Å². The largest absolute Gasteiger partial charge is 0.497 e. The van der Waals surface area contributed by atoms with E-state index in [4.69, 9.17) is 10.00 Å². The zero-order chi connectivity index (χ0) is 17.2. The Balaban J connectivity index is 1.88. The van der Waals surface area contributed by atoms with Crippen molar-refractivity contribution in [3.8, 4) is 11.8 Å². The van der Waals surface area contributed by atoms with Crippen molar-refractivity contribution in [3.05, 3.63) is 59.7 Å². The molecule has 124 valence electrons. The molecule has 5 nitrogen and oxygen atoms in total. The lowest BCUT2D eigenvalue weighted by Gasteiger charge is -2.19. The lowest BCUT2D eigenvalue weighted by atomic mass is 10.0. The zero-order valence-corrected chi connectivity index (χ0v) is 14.1. The monoisotopic (exact) mass is 342 g/mol. The summed E-state index contributed by atoms with van der Waals surface area (Å²) < 4.78 is 33.3. The predicted octanol–water partition coefficient (Wildman–Crippen LogP) is 3.00. The second-order valence-corrected chi connectivity index (χ2v) is 7.56. The average molecular weight is 342 g/mol. The smallest absolute Gasteiger partial charge is 0.241 e. The van der Waals surface area contributed by atoms with Gasteiger partial charge in [0.25, 0.3) is 0 Å². The van der Waals surface area contributed by atoms with Crippen LogP contribution in [0, 0.1) is 17.2 Å². The highest BCUT2D eigenvalue weighted by molar-refractivity contribution is 7.89. The van der Waals surface area contributed by atoms with Crippen LogP contribution in [0.1, 0.15) is 30.0 Å². The molecule has 1 atom stereocenters. The summed E-state index contributed by atoms with van der Waals surface area (Å²) in [5.74, 6) is 1.03. The number of nitrogens with zero attached hydrogens (tertiary/aromatic N) is 1. The molecule has 2 aromatic rings. The second-order valence-electron chi connectivity index (χ2n) is 5.85. The lowest BCUT2D eigenvalue weighted by Crippen LogP contribution is -2.30. The fraction of sp³-hybridized carbons (Fsp3) is 0.278. The maximum Gasteiger partial charge on any atom is 0.241 e. The Morgan fingerprint density at radius 2 is 1.92 bits per heavy atom. The molecule has 2 aromatic carbocycles. The van der Waals surface area contributed by atoms with E-state index >= 15 is 0 Å². The molecular formula is C18H18N2O3S. The highest BCUT2D eigenvalue weighted by Gasteiger charge is 2.35. The Morgan fingerprint density at radius 3 is 2.50 bits per heavy atom. The number of sulfonamides is 1. The van der Waals surface area contributed by atoms with Crippen LogP contribution in [-0.2, 0) is 10.0 Å². The number of nitrogens with one attached hydrogen (secondary N) is 1. The quantitative estimate of drug-likeness (QED) is 0.875. The highest BCUT2D eigenvalue weighted by atomic mass is 32.2. The SMILES string of the molecule is COc1ccc(C(NS(=O)(=O)c2cccc(C#N)c2)C2CC2)cc1. The lowest BCUT2D eigenvalue weighted by molar-refractivity contribution is 0.414. The van der Waals surface area contributed by atoms with Gasteiger partial charge in [-0.15, -0.1) is 0 Å². The Labute approximate surface area is 141 Å². The van der Waals surface area contributed by atoms with Gasteiger partial charge in [0.2, 0.25) is 10.0 Å². The first-order valence-corrected chi connectivity index (χ1v) is 9.18. The van der Waals surface area contributed by atoms with E-state index in [9.17, 15) is 8.42 Å². The van der Waals surface area contributed by atoms with E-state index in [0.29, 0.717) is 11.5 Å². The minimum Gasteiger partial charge on any atom is -0.497 e. The molecule has 0 aromatic heterocycles. The third kappa shape index (κ3) is 3.58. The first-order valence-electron chi connectivity index (χ1n) is 7.70. The number of nitriles is 1. The summed E-state index contributed by atoms with van der Waals surface area (Å²) >= 11 is 0. The predicted molar refractivity (Wildman–Crippen MR) is 89.9 cm³/mol. The summed E-state index contributed by atoms with van der Waals surface area (Å²) in [6, 6.07) is 15.2. The average Bonchev–Trinajstić information content (AvgIpc) is 3.45. The molecule has 6 heteroatoms. The van der Waals surface area contributed by atoms with Gasteiger partial charge in [0, 0.05) is 6.04 Å². The van der Waals surface area contributed by atoms with Crippen molar-refractivity contribution in [3.63, 3.8) is 0 Å². The van der Waals surface area contributed by atoms with E-state index in [2.05, 4.69) is 4.72 Å². The van der Waals surface area contributed by atoms with Crippen molar-refractivity contribution in [1.82, 2.24) is 4.72 Å². The molecule has 1 N–H and O–H groups in total. The van der Waals surface area contributed by atoms with Crippen LogP contribution in [0.2, 0.25) is 0 Å². The summed E-state index contributed by atoms with van der Waals surface area (Å²) in [7, 11) is -2.10. The normalized spacial score (nSPS) is 15.5. The summed E-state index contributed by atoms with van der Waals surface area (Å²) in [5.41, 5.74) is 1.24. The van der Waals surface area contributed by atoms with E-state index in [1.54, 1.807) is 19.2 Å². The summed E-state index contributed by atoms with van der Waals surface area (Å²) in [5, 5.41) is 8.96. The highest BCUT2D eigenvalue weighted by Crippen LogP contribution is 2.42. The van der Waals surface area contributed by atoms with Crippen molar-refractivity contribution in [2.45, 2.75) is 23.8 Å². The third-order valence-corrected chi connectivity index (χ3v) is 5.56. The minimum absolute atomic E-state index is 0.112. The van der Waals surface area contributed by atoms with Crippen LogP contribution in [0.5, 0.6) is 5.75 Å². The molecule has 3 rings (SSSR count). The van der Waals surface area contributed by atoms with Crippen LogP contribution in [0.3, 0.4) is 0 Å².